The van der Waals surface area contributed by atoms with Crippen LogP contribution in [-0.2, 0) is 0 Å². The van der Waals surface area contributed by atoms with Gasteiger partial charge >= 0.3 is 0 Å². The number of unbranched alkanes of at least 4 members (excludes halogenated alkanes) is 5. The summed E-state index contributed by atoms with van der Waals surface area (Å²) in [5, 5.41) is 0. The monoisotopic (exact) mass is 554 g/mol. The molecule has 0 saturated heterocycles. The highest BCUT2D eigenvalue weighted by Gasteiger charge is 2.52. The number of nitrogens with one attached hydrogen (secondary N) is 1. The highest BCUT2D eigenvalue weighted by atomic mass is 28.3. The highest BCUT2D eigenvalue weighted by molar-refractivity contribution is 6.90. The minimum Gasteiger partial charge on any atom is -0.332 e. The molecule has 1 N–H and O–H groups in total. The lowest BCUT2D eigenvalue weighted by molar-refractivity contribution is 0.507. The zero-order chi connectivity index (χ0) is 27.9. The van der Waals surface area contributed by atoms with Crippen molar-refractivity contribution in [3.8, 4) is 0 Å². The van der Waals surface area contributed by atoms with Crippen molar-refractivity contribution in [2.75, 3.05) is 0 Å². The van der Waals surface area contributed by atoms with Crippen molar-refractivity contribution in [1.82, 2.24) is 4.98 Å². The van der Waals surface area contributed by atoms with Crippen LogP contribution in [-0.4, -0.2) is 21.8 Å². The molecule has 15 radical (unpaired) electrons. The molecule has 3 saturated carbocycles. The third-order valence-corrected chi connectivity index (χ3v) is 17.7. The van der Waals surface area contributed by atoms with E-state index in [1.54, 1.807) is 22.5 Å². The van der Waals surface area contributed by atoms with Crippen molar-refractivity contribution in [3.05, 3.63) is 116 Å². The third-order valence-electron chi connectivity index (χ3n) is 8.88. The Hall–Kier alpha value is -0.126. The molecule has 0 heterocycles. The smallest absolute Gasteiger partial charge is 0.130 e. The van der Waals surface area contributed by atoms with E-state index in [0.717, 1.165) is 0 Å². The van der Waals surface area contributed by atoms with Gasteiger partial charge in [-0.15, -0.1) is 0 Å². The summed E-state index contributed by atoms with van der Waals surface area (Å²) < 4.78 is 0. The summed E-state index contributed by atoms with van der Waals surface area (Å²) in [6.45, 7) is 14.5. The summed E-state index contributed by atoms with van der Waals surface area (Å²) in [4.78, 5) is 4.22. The number of rotatable bonds is 15. The van der Waals surface area contributed by atoms with Crippen molar-refractivity contribution in [2.45, 2.75) is 110 Å². The van der Waals surface area contributed by atoms with Crippen LogP contribution in [0, 0.1) is 92.2 Å². The first-order valence-corrected chi connectivity index (χ1v) is 21.0. The fourth-order valence-corrected chi connectivity index (χ4v) is 15.1. The van der Waals surface area contributed by atoms with Crippen molar-refractivity contribution in [2.24, 2.45) is 0 Å². The van der Waals surface area contributed by atoms with Crippen LogP contribution in [0.15, 0.2) is 24.3 Å². The lowest BCUT2D eigenvalue weighted by Crippen LogP contribution is -2.60. The van der Waals surface area contributed by atoms with E-state index < -0.39 is 16.3 Å². The van der Waals surface area contributed by atoms with Crippen LogP contribution in [0.5, 0.6) is 0 Å². The van der Waals surface area contributed by atoms with Crippen molar-refractivity contribution in [3.63, 3.8) is 0 Å². The lowest BCUT2D eigenvalue weighted by Gasteiger charge is -2.42. The molecule has 0 spiro atoms. The molecule has 0 aliphatic heterocycles. The SMILES string of the molecule is CCCCC[C]1[CH][C]([Si](C)(CCCCCC[Si](C)([C]2[CH][CH][CH][CH]2)[C]2[CH][CH][CH][CH]2)NC(C)(C)C)[C]2C=CC=C[C]12. The molecule has 1 unspecified atom stereocenters. The fraction of sp³-hybridized carbons (Fsp3) is 0.472. The largest absolute Gasteiger partial charge is 0.332 e. The van der Waals surface area contributed by atoms with Gasteiger partial charge in [0, 0.05) is 17.4 Å². The van der Waals surface area contributed by atoms with Crippen LogP contribution in [0.25, 0.3) is 0 Å². The molecule has 209 valence electrons. The zero-order valence-corrected chi connectivity index (χ0v) is 27.6. The van der Waals surface area contributed by atoms with Crippen LogP contribution < -0.4 is 4.98 Å². The molecule has 0 bridgehead atoms. The predicted octanol–water partition coefficient (Wildman–Crippen LogP) is 9.24. The molecule has 4 rings (SSSR count). The molecule has 0 aromatic rings. The molecule has 3 fully saturated rings. The molecule has 0 aromatic heterocycles. The second-order valence-electron chi connectivity index (χ2n) is 13.4. The summed E-state index contributed by atoms with van der Waals surface area (Å²) in [7, 11) is -3.50. The van der Waals surface area contributed by atoms with Gasteiger partial charge in [-0.1, -0.05) is 95.3 Å². The van der Waals surface area contributed by atoms with Crippen LogP contribution in [0.3, 0.4) is 0 Å². The van der Waals surface area contributed by atoms with E-state index in [9.17, 15) is 0 Å². The van der Waals surface area contributed by atoms with Gasteiger partial charge in [0.25, 0.3) is 0 Å². The molecule has 0 amide bonds. The van der Waals surface area contributed by atoms with E-state index in [1.165, 1.54) is 75.3 Å². The molecule has 1 nitrogen and oxygen atoms in total. The van der Waals surface area contributed by atoms with Gasteiger partial charge in [0.1, 0.15) is 8.24 Å². The van der Waals surface area contributed by atoms with Gasteiger partial charge in [0.05, 0.1) is 8.07 Å². The molecule has 3 heteroatoms. The summed E-state index contributed by atoms with van der Waals surface area (Å²) in [6, 6.07) is 2.66. The van der Waals surface area contributed by atoms with Gasteiger partial charge < -0.3 is 4.98 Å². The Morgan fingerprint density at radius 2 is 1.26 bits per heavy atom. The highest BCUT2D eigenvalue weighted by Crippen LogP contribution is 2.55. The summed E-state index contributed by atoms with van der Waals surface area (Å²) in [5.74, 6) is 4.59. The maximum Gasteiger partial charge on any atom is 0.130 e. The fourth-order valence-electron chi connectivity index (χ4n) is 6.90. The van der Waals surface area contributed by atoms with E-state index in [-0.39, 0.29) is 5.54 Å². The normalized spacial score (nSPS) is 24.3. The van der Waals surface area contributed by atoms with Gasteiger partial charge in [0.2, 0.25) is 0 Å². The number of hydrogen-bond donors (Lipinski definition) is 1. The third kappa shape index (κ3) is 8.25. The van der Waals surface area contributed by atoms with Gasteiger partial charge in [-0.05, 0) is 114 Å². The Kier molecular flexibility index (Phi) is 11.7. The van der Waals surface area contributed by atoms with Crippen LogP contribution in [0.2, 0.25) is 25.2 Å². The standard InChI is InChI=1S/C36H52NSi2/c1-7-8-11-20-30-29-35(34-26-17-16-25-33(30)34)39(6,37-36(2,3)4)28-19-10-9-18-27-38(5,31-21-12-13-22-31)32-23-14-15-24-32/h12-17,21-26,29,37H,7-11,18-20,27-28H2,1-6H3. The van der Waals surface area contributed by atoms with Crippen molar-refractivity contribution in [1.29, 1.82) is 0 Å². The first-order chi connectivity index (χ1) is 18.7. The van der Waals surface area contributed by atoms with Crippen molar-refractivity contribution < 1.29 is 0 Å². The van der Waals surface area contributed by atoms with E-state index in [2.05, 4.69) is 128 Å². The number of hydrogen-bond acceptors (Lipinski definition) is 1. The number of fused-ring (bicyclic) bond motifs is 1. The Morgan fingerprint density at radius 3 is 1.82 bits per heavy atom. The number of allylic oxidation sites excluding steroid dienone is 4. The minimum absolute atomic E-state index is 0.119. The first-order valence-electron chi connectivity index (χ1n) is 15.6. The molecule has 39 heavy (non-hydrogen) atoms. The molecule has 4 aliphatic carbocycles. The Morgan fingerprint density at radius 1 is 0.692 bits per heavy atom. The first kappa shape index (κ1) is 31.8. The van der Waals surface area contributed by atoms with E-state index in [1.807, 2.05) is 0 Å². The van der Waals surface area contributed by atoms with Crippen molar-refractivity contribution >= 4 is 16.3 Å². The second kappa shape index (κ2) is 14.4. The van der Waals surface area contributed by atoms with Crippen LogP contribution >= 0.6 is 0 Å². The minimum atomic E-state index is -1.88. The topological polar surface area (TPSA) is 12.0 Å². The van der Waals surface area contributed by atoms with Gasteiger partial charge in [-0.3, -0.25) is 0 Å². The molecule has 1 atom stereocenters. The molecular formula is C36H52NSi2. The molecule has 4 aliphatic rings. The average molecular weight is 555 g/mol. The average Bonchev–Trinajstić information content (AvgIpc) is 3.67. The Bertz CT molecular complexity index is 768. The van der Waals surface area contributed by atoms with Crippen LogP contribution in [0.4, 0.5) is 0 Å². The van der Waals surface area contributed by atoms with Gasteiger partial charge in [-0.25, -0.2) is 0 Å². The van der Waals surface area contributed by atoms with Crippen LogP contribution in [0.1, 0.15) is 79.1 Å². The maximum absolute atomic E-state index is 4.22. The van der Waals surface area contributed by atoms with Gasteiger partial charge in [-0.2, -0.15) is 0 Å². The Labute approximate surface area is 247 Å². The van der Waals surface area contributed by atoms with E-state index in [4.69, 9.17) is 0 Å². The van der Waals surface area contributed by atoms with E-state index in [0.29, 0.717) is 0 Å². The summed E-state index contributed by atoms with van der Waals surface area (Å²) >= 11 is 0. The maximum atomic E-state index is 4.22. The lowest BCUT2D eigenvalue weighted by atomic mass is 9.84. The summed E-state index contributed by atoms with van der Waals surface area (Å²) in [6.07, 6.45) is 40.7. The Balaban J connectivity index is 1.33. The zero-order valence-electron chi connectivity index (χ0n) is 25.6. The molecular weight excluding hydrogens is 503 g/mol. The molecule has 0 aromatic carbocycles. The van der Waals surface area contributed by atoms with Gasteiger partial charge in [0.15, 0.2) is 0 Å². The predicted molar refractivity (Wildman–Crippen MR) is 175 cm³/mol. The summed E-state index contributed by atoms with van der Waals surface area (Å²) in [5.41, 5.74) is 4.96. The second-order valence-corrected chi connectivity index (χ2v) is 21.7. The van der Waals surface area contributed by atoms with E-state index >= 15 is 0 Å². The quantitative estimate of drug-likeness (QED) is 0.157.